The summed E-state index contributed by atoms with van der Waals surface area (Å²) >= 11 is 0. The molecule has 108 valence electrons. The van der Waals surface area contributed by atoms with Crippen LogP contribution >= 0.6 is 0 Å². The number of carbonyl (C=O) groups excluding carboxylic acids is 1. The van der Waals surface area contributed by atoms with E-state index in [2.05, 4.69) is 5.32 Å². The highest BCUT2D eigenvalue weighted by Gasteiger charge is 2.33. The molecular weight excluding hydrogens is 270 g/mol. The van der Waals surface area contributed by atoms with Gasteiger partial charge in [-0.2, -0.15) is 0 Å². The second-order valence-electron chi connectivity index (χ2n) is 4.53. The molecule has 1 aliphatic rings. The van der Waals surface area contributed by atoms with Gasteiger partial charge in [0.2, 0.25) is 0 Å². The maximum atomic E-state index is 13.3. The lowest BCUT2D eigenvalue weighted by Crippen LogP contribution is -2.46. The van der Waals surface area contributed by atoms with Crippen LogP contribution in [-0.4, -0.2) is 34.5 Å². The molecule has 1 aromatic rings. The molecule has 2 rings (SSSR count). The average molecular weight is 284 g/mol. The largest absolute Gasteiger partial charge is 0.364 e. The SMILES string of the molecule is CC1=C(C(O)O)C(c2ccc(F)c(F)c2)NC(=O)N1C. The van der Waals surface area contributed by atoms with E-state index in [0.29, 0.717) is 5.70 Å². The molecule has 0 aliphatic carbocycles. The van der Waals surface area contributed by atoms with E-state index in [0.717, 1.165) is 12.1 Å². The molecular formula is C13H14F2N2O3. The average Bonchev–Trinajstić information content (AvgIpc) is 2.38. The van der Waals surface area contributed by atoms with Crippen molar-refractivity contribution in [3.05, 3.63) is 46.7 Å². The standard InChI is InChI=1S/C13H14F2N2O3/c1-6-10(12(18)19)11(16-13(20)17(6)2)7-3-4-8(14)9(15)5-7/h3-5,11-12,18-19H,1-2H3,(H,16,20). The number of benzene rings is 1. The number of urea groups is 1. The Morgan fingerprint density at radius 2 is 1.95 bits per heavy atom. The Balaban J connectivity index is 2.53. The van der Waals surface area contributed by atoms with Crippen LogP contribution in [0.1, 0.15) is 18.5 Å². The minimum absolute atomic E-state index is 0.109. The summed E-state index contributed by atoms with van der Waals surface area (Å²) in [7, 11) is 1.47. The summed E-state index contributed by atoms with van der Waals surface area (Å²) in [6.45, 7) is 1.54. The smallest absolute Gasteiger partial charge is 0.322 e. The second-order valence-corrected chi connectivity index (χ2v) is 4.53. The fourth-order valence-corrected chi connectivity index (χ4v) is 2.14. The van der Waals surface area contributed by atoms with Gasteiger partial charge in [-0.1, -0.05) is 6.07 Å². The third-order valence-corrected chi connectivity index (χ3v) is 3.36. The number of aliphatic hydroxyl groups excluding tert-OH is 1. The summed E-state index contributed by atoms with van der Waals surface area (Å²) in [5, 5.41) is 21.4. The number of amides is 2. The zero-order valence-electron chi connectivity index (χ0n) is 10.9. The van der Waals surface area contributed by atoms with Crippen LogP contribution in [0.5, 0.6) is 0 Å². The summed E-state index contributed by atoms with van der Waals surface area (Å²) in [6, 6.07) is 1.73. The molecule has 0 spiro atoms. The fraction of sp³-hybridized carbons (Fsp3) is 0.308. The quantitative estimate of drug-likeness (QED) is 0.716. The van der Waals surface area contributed by atoms with Crippen molar-refractivity contribution in [2.24, 2.45) is 0 Å². The molecule has 0 radical (unpaired) electrons. The van der Waals surface area contributed by atoms with Crippen molar-refractivity contribution in [2.45, 2.75) is 19.3 Å². The monoisotopic (exact) mass is 284 g/mol. The normalized spacial score (nSPS) is 19.6. The maximum Gasteiger partial charge on any atom is 0.322 e. The topological polar surface area (TPSA) is 72.8 Å². The highest BCUT2D eigenvalue weighted by Crippen LogP contribution is 2.31. The van der Waals surface area contributed by atoms with E-state index < -0.39 is 30.0 Å². The Hall–Kier alpha value is -1.99. The fourth-order valence-electron chi connectivity index (χ4n) is 2.14. The zero-order chi connectivity index (χ0) is 15.0. The van der Waals surface area contributed by atoms with E-state index in [-0.39, 0.29) is 11.1 Å². The van der Waals surface area contributed by atoms with Crippen molar-refractivity contribution in [1.82, 2.24) is 10.2 Å². The Labute approximate surface area is 114 Å². The molecule has 1 unspecified atom stereocenters. The molecule has 5 nitrogen and oxygen atoms in total. The van der Waals surface area contributed by atoms with Crippen LogP contribution < -0.4 is 5.32 Å². The number of rotatable bonds is 2. The highest BCUT2D eigenvalue weighted by molar-refractivity contribution is 5.78. The highest BCUT2D eigenvalue weighted by atomic mass is 19.2. The first-order valence-electron chi connectivity index (χ1n) is 5.89. The van der Waals surface area contributed by atoms with Crippen LogP contribution in [0.2, 0.25) is 0 Å². The first kappa shape index (κ1) is 14.4. The Kier molecular flexibility index (Phi) is 3.74. The second kappa shape index (κ2) is 5.18. The lowest BCUT2D eigenvalue weighted by molar-refractivity contribution is -0.0162. The van der Waals surface area contributed by atoms with E-state index in [4.69, 9.17) is 0 Å². The van der Waals surface area contributed by atoms with Crippen LogP contribution in [0.4, 0.5) is 13.6 Å². The molecule has 1 atom stereocenters. The zero-order valence-corrected chi connectivity index (χ0v) is 10.9. The van der Waals surface area contributed by atoms with Gasteiger partial charge in [-0.05, 0) is 24.6 Å². The molecule has 3 N–H and O–H groups in total. The first-order valence-corrected chi connectivity index (χ1v) is 5.89. The summed E-state index contributed by atoms with van der Waals surface area (Å²) in [4.78, 5) is 13.0. The number of allylic oxidation sites excluding steroid dienone is 1. The van der Waals surface area contributed by atoms with Crippen LogP contribution in [0.3, 0.4) is 0 Å². The molecule has 1 aromatic carbocycles. The van der Waals surface area contributed by atoms with Crippen molar-refractivity contribution < 1.29 is 23.8 Å². The van der Waals surface area contributed by atoms with Gasteiger partial charge in [-0.25, -0.2) is 13.6 Å². The number of aliphatic hydroxyl groups is 2. The van der Waals surface area contributed by atoms with E-state index in [1.807, 2.05) is 0 Å². The van der Waals surface area contributed by atoms with Gasteiger partial charge in [0.25, 0.3) is 0 Å². The minimum atomic E-state index is -1.82. The van der Waals surface area contributed by atoms with Crippen molar-refractivity contribution >= 4 is 6.03 Å². The van der Waals surface area contributed by atoms with Crippen LogP contribution in [0.15, 0.2) is 29.5 Å². The summed E-state index contributed by atoms with van der Waals surface area (Å²) in [6.07, 6.45) is -1.82. The van der Waals surface area contributed by atoms with Gasteiger partial charge in [-0.3, -0.25) is 0 Å². The summed E-state index contributed by atoms with van der Waals surface area (Å²) < 4.78 is 26.2. The van der Waals surface area contributed by atoms with Gasteiger partial charge >= 0.3 is 6.03 Å². The third kappa shape index (κ3) is 2.37. The van der Waals surface area contributed by atoms with Crippen LogP contribution in [0.25, 0.3) is 0 Å². The minimum Gasteiger partial charge on any atom is -0.364 e. The van der Waals surface area contributed by atoms with Gasteiger partial charge in [0.05, 0.1) is 6.04 Å². The molecule has 1 heterocycles. The summed E-state index contributed by atoms with van der Waals surface area (Å²) in [5.74, 6) is -2.08. The molecule has 0 fully saturated rings. The van der Waals surface area contributed by atoms with Crippen molar-refractivity contribution in [3.8, 4) is 0 Å². The Bertz CT molecular complexity index is 587. The predicted octanol–water partition coefficient (Wildman–Crippen LogP) is 1.25. The van der Waals surface area contributed by atoms with Crippen molar-refractivity contribution in [2.75, 3.05) is 7.05 Å². The number of halogens is 2. The third-order valence-electron chi connectivity index (χ3n) is 3.36. The van der Waals surface area contributed by atoms with Gasteiger partial charge in [0, 0.05) is 18.3 Å². The van der Waals surface area contributed by atoms with Crippen LogP contribution in [-0.2, 0) is 0 Å². The van der Waals surface area contributed by atoms with Crippen molar-refractivity contribution in [3.63, 3.8) is 0 Å². The van der Waals surface area contributed by atoms with E-state index >= 15 is 0 Å². The predicted molar refractivity (Wildman–Crippen MR) is 66.3 cm³/mol. The molecule has 0 saturated heterocycles. The maximum absolute atomic E-state index is 13.3. The number of carbonyl (C=O) groups is 1. The summed E-state index contributed by atoms with van der Waals surface area (Å²) in [5.41, 5.74) is 0.685. The molecule has 20 heavy (non-hydrogen) atoms. The molecule has 0 bridgehead atoms. The molecule has 1 aliphatic heterocycles. The lowest BCUT2D eigenvalue weighted by atomic mass is 9.94. The molecule has 0 aromatic heterocycles. The molecule has 2 amide bonds. The Morgan fingerprint density at radius 3 is 2.50 bits per heavy atom. The van der Waals surface area contributed by atoms with Gasteiger partial charge in [-0.15, -0.1) is 0 Å². The van der Waals surface area contributed by atoms with E-state index in [1.54, 1.807) is 6.92 Å². The van der Waals surface area contributed by atoms with Gasteiger partial charge < -0.3 is 20.4 Å². The molecule has 7 heteroatoms. The van der Waals surface area contributed by atoms with E-state index in [9.17, 15) is 23.8 Å². The molecule has 0 saturated carbocycles. The van der Waals surface area contributed by atoms with Crippen molar-refractivity contribution in [1.29, 1.82) is 0 Å². The number of hydrogen-bond donors (Lipinski definition) is 3. The van der Waals surface area contributed by atoms with Crippen LogP contribution in [0, 0.1) is 11.6 Å². The Morgan fingerprint density at radius 1 is 1.30 bits per heavy atom. The number of nitrogens with one attached hydrogen (secondary N) is 1. The number of hydrogen-bond acceptors (Lipinski definition) is 3. The number of nitrogens with zero attached hydrogens (tertiary/aromatic N) is 1. The van der Waals surface area contributed by atoms with E-state index in [1.165, 1.54) is 18.0 Å². The first-order chi connectivity index (χ1) is 9.32. The van der Waals surface area contributed by atoms with Gasteiger partial charge in [0.1, 0.15) is 0 Å². The van der Waals surface area contributed by atoms with Gasteiger partial charge in [0.15, 0.2) is 17.9 Å². The lowest BCUT2D eigenvalue weighted by Gasteiger charge is -2.35.